The summed E-state index contributed by atoms with van der Waals surface area (Å²) in [6, 6.07) is 8.27. The molecule has 0 unspecified atom stereocenters. The summed E-state index contributed by atoms with van der Waals surface area (Å²) in [5.41, 5.74) is 0. The molecule has 2 N–H and O–H groups in total. The summed E-state index contributed by atoms with van der Waals surface area (Å²) in [5, 5.41) is 2.92. The van der Waals surface area contributed by atoms with Crippen LogP contribution in [0.1, 0.15) is 0 Å². The highest BCUT2D eigenvalue weighted by Crippen LogP contribution is 2.17. The van der Waals surface area contributed by atoms with Gasteiger partial charge in [0.2, 0.25) is 10.0 Å². The number of anilines is 1. The van der Waals surface area contributed by atoms with Gasteiger partial charge >= 0.3 is 0 Å². The van der Waals surface area contributed by atoms with E-state index in [9.17, 15) is 17.2 Å². The van der Waals surface area contributed by atoms with Gasteiger partial charge in [-0.2, -0.15) is 0 Å². The zero-order valence-corrected chi connectivity index (χ0v) is 14.2. The zero-order valence-electron chi connectivity index (χ0n) is 13.4. The molecule has 2 heterocycles. The molecule has 0 spiro atoms. The van der Waals surface area contributed by atoms with Gasteiger partial charge in [-0.25, -0.2) is 31.9 Å². The molecule has 0 radical (unpaired) electrons. The fourth-order valence-corrected chi connectivity index (χ4v) is 3.42. The molecule has 136 valence electrons. The van der Waals surface area contributed by atoms with E-state index in [4.69, 9.17) is 0 Å². The molecule has 0 aliphatic heterocycles. The lowest BCUT2D eigenvalue weighted by atomic mass is 10.3. The monoisotopic (exact) mass is 379 g/mol. The molecule has 3 aromatic rings. The minimum absolute atomic E-state index is 0.0844. The molecule has 0 fully saturated rings. The smallest absolute Gasteiger partial charge is 0.246 e. The lowest BCUT2D eigenvalue weighted by Crippen LogP contribution is -2.30. The maximum atomic E-state index is 13.6. The van der Waals surface area contributed by atoms with Crippen molar-refractivity contribution in [2.75, 3.05) is 18.4 Å². The molecule has 0 aliphatic carbocycles. The van der Waals surface area contributed by atoms with E-state index in [0.29, 0.717) is 11.6 Å². The van der Waals surface area contributed by atoms with Crippen molar-refractivity contribution >= 4 is 15.8 Å². The van der Waals surface area contributed by atoms with Crippen LogP contribution < -0.4 is 10.0 Å². The van der Waals surface area contributed by atoms with Crippen LogP contribution in [-0.2, 0) is 10.0 Å². The Balaban J connectivity index is 1.60. The van der Waals surface area contributed by atoms with E-state index < -0.39 is 26.6 Å². The molecule has 0 amide bonds. The van der Waals surface area contributed by atoms with Gasteiger partial charge in [-0.05, 0) is 24.3 Å². The van der Waals surface area contributed by atoms with E-state index in [-0.39, 0.29) is 13.1 Å². The van der Waals surface area contributed by atoms with Gasteiger partial charge < -0.3 is 9.88 Å². The zero-order chi connectivity index (χ0) is 18.6. The van der Waals surface area contributed by atoms with Crippen molar-refractivity contribution < 1.29 is 17.2 Å². The molecule has 10 heteroatoms. The summed E-state index contributed by atoms with van der Waals surface area (Å²) in [6.45, 7) is 0.0798. The van der Waals surface area contributed by atoms with Gasteiger partial charge in [0, 0.05) is 31.5 Å². The Morgan fingerprint density at radius 3 is 2.38 bits per heavy atom. The summed E-state index contributed by atoms with van der Waals surface area (Å²) in [6.07, 6.45) is 5.02. The van der Waals surface area contributed by atoms with Crippen molar-refractivity contribution in [2.45, 2.75) is 4.90 Å². The van der Waals surface area contributed by atoms with Crippen LogP contribution in [0.5, 0.6) is 0 Å². The molecule has 0 bridgehead atoms. The molecule has 0 saturated heterocycles. The van der Waals surface area contributed by atoms with Crippen LogP contribution in [0.25, 0.3) is 5.82 Å². The van der Waals surface area contributed by atoms with E-state index in [2.05, 4.69) is 20.0 Å². The van der Waals surface area contributed by atoms with Gasteiger partial charge in [-0.1, -0.05) is 6.07 Å². The number of rotatable bonds is 7. The quantitative estimate of drug-likeness (QED) is 0.613. The molecule has 0 aliphatic rings. The Labute approximate surface area is 148 Å². The predicted molar refractivity (Wildman–Crippen MR) is 91.4 cm³/mol. The van der Waals surface area contributed by atoms with Crippen molar-refractivity contribution in [1.82, 2.24) is 19.3 Å². The van der Waals surface area contributed by atoms with Gasteiger partial charge in [-0.3, -0.25) is 0 Å². The van der Waals surface area contributed by atoms with Crippen LogP contribution in [0.15, 0.2) is 60.0 Å². The largest absolute Gasteiger partial charge is 0.369 e. The van der Waals surface area contributed by atoms with Crippen molar-refractivity contribution in [2.24, 2.45) is 0 Å². The lowest BCUT2D eigenvalue weighted by molar-refractivity contribution is 0.514. The third-order valence-electron chi connectivity index (χ3n) is 3.43. The third kappa shape index (κ3) is 4.03. The van der Waals surface area contributed by atoms with Crippen LogP contribution >= 0.6 is 0 Å². The number of nitrogens with one attached hydrogen (secondary N) is 2. The van der Waals surface area contributed by atoms with E-state index in [1.165, 1.54) is 6.33 Å². The maximum Gasteiger partial charge on any atom is 0.246 e. The molecule has 7 nitrogen and oxygen atoms in total. The number of aromatic nitrogens is 3. The van der Waals surface area contributed by atoms with Crippen LogP contribution in [0.4, 0.5) is 14.6 Å². The fraction of sp³-hybridized carbons (Fsp3) is 0.125. The molecular weight excluding hydrogens is 364 g/mol. The lowest BCUT2D eigenvalue weighted by Gasteiger charge is -2.10. The first-order chi connectivity index (χ1) is 12.5. The number of sulfonamides is 1. The Bertz CT molecular complexity index is 973. The minimum atomic E-state index is -4.30. The average molecular weight is 379 g/mol. The fourth-order valence-electron chi connectivity index (χ4n) is 2.26. The third-order valence-corrected chi connectivity index (χ3v) is 4.94. The summed E-state index contributed by atoms with van der Waals surface area (Å²) in [7, 11) is -4.30. The second-order valence-corrected chi connectivity index (χ2v) is 6.93. The summed E-state index contributed by atoms with van der Waals surface area (Å²) in [4.78, 5) is 7.17. The SMILES string of the molecule is O=S(=O)(NCCNc1cc(-n2cccc2)ncn1)c1c(F)cccc1F. The highest BCUT2D eigenvalue weighted by atomic mass is 32.2. The number of nitrogens with zero attached hydrogens (tertiary/aromatic N) is 3. The van der Waals surface area contributed by atoms with Crippen LogP contribution in [0.2, 0.25) is 0 Å². The summed E-state index contributed by atoms with van der Waals surface area (Å²) in [5.74, 6) is -1.16. The first-order valence-corrected chi connectivity index (χ1v) is 9.08. The van der Waals surface area contributed by atoms with Gasteiger partial charge in [0.05, 0.1) is 0 Å². The van der Waals surface area contributed by atoms with Gasteiger partial charge in [-0.15, -0.1) is 0 Å². The van der Waals surface area contributed by atoms with Crippen LogP contribution in [-0.4, -0.2) is 36.0 Å². The maximum absolute atomic E-state index is 13.6. The molecule has 26 heavy (non-hydrogen) atoms. The van der Waals surface area contributed by atoms with E-state index >= 15 is 0 Å². The number of halogens is 2. The van der Waals surface area contributed by atoms with E-state index in [1.807, 2.05) is 24.5 Å². The number of hydrogen-bond donors (Lipinski definition) is 2. The standard InChI is InChI=1S/C16H15F2N5O2S/c17-12-4-3-5-13(18)16(12)26(24,25)22-7-6-19-14-10-15(21-11-20-14)23-8-1-2-9-23/h1-5,8-11,22H,6-7H2,(H,19,20,21). The minimum Gasteiger partial charge on any atom is -0.369 e. The Kier molecular flexibility index (Phi) is 5.24. The number of hydrogen-bond acceptors (Lipinski definition) is 5. The second-order valence-electron chi connectivity index (χ2n) is 5.23. The normalized spacial score (nSPS) is 11.5. The highest BCUT2D eigenvalue weighted by Gasteiger charge is 2.23. The highest BCUT2D eigenvalue weighted by molar-refractivity contribution is 7.89. The summed E-state index contributed by atoms with van der Waals surface area (Å²) < 4.78 is 55.2. The van der Waals surface area contributed by atoms with Crippen LogP contribution in [0.3, 0.4) is 0 Å². The Morgan fingerprint density at radius 2 is 1.69 bits per heavy atom. The average Bonchev–Trinajstić information content (AvgIpc) is 3.13. The second kappa shape index (κ2) is 7.58. The molecule has 1 aromatic carbocycles. The van der Waals surface area contributed by atoms with Crippen molar-refractivity contribution in [3.05, 3.63) is 66.8 Å². The van der Waals surface area contributed by atoms with Crippen molar-refractivity contribution in [3.8, 4) is 5.82 Å². The van der Waals surface area contributed by atoms with Crippen molar-refractivity contribution in [3.63, 3.8) is 0 Å². The molecular formula is C16H15F2N5O2S. The molecule has 0 atom stereocenters. The van der Waals surface area contributed by atoms with E-state index in [1.54, 1.807) is 10.6 Å². The van der Waals surface area contributed by atoms with Crippen molar-refractivity contribution in [1.29, 1.82) is 0 Å². The van der Waals surface area contributed by atoms with Gasteiger partial charge in [0.25, 0.3) is 0 Å². The number of benzene rings is 1. The molecule has 3 rings (SSSR count). The van der Waals surface area contributed by atoms with Gasteiger partial charge in [0.15, 0.2) is 4.90 Å². The summed E-state index contributed by atoms with van der Waals surface area (Å²) >= 11 is 0. The first kappa shape index (κ1) is 18.0. The topological polar surface area (TPSA) is 88.9 Å². The molecule has 2 aromatic heterocycles. The first-order valence-electron chi connectivity index (χ1n) is 7.60. The predicted octanol–water partition coefficient (Wildman–Crippen LogP) is 1.94. The van der Waals surface area contributed by atoms with E-state index in [0.717, 1.165) is 18.2 Å². The Hall–Kier alpha value is -2.85. The Morgan fingerprint density at radius 1 is 1.00 bits per heavy atom. The van der Waals surface area contributed by atoms with Gasteiger partial charge in [0.1, 0.15) is 29.6 Å². The van der Waals surface area contributed by atoms with Crippen LogP contribution in [0, 0.1) is 11.6 Å². The molecule has 0 saturated carbocycles.